The van der Waals surface area contributed by atoms with Crippen LogP contribution in [0.5, 0.6) is 0 Å². The summed E-state index contributed by atoms with van der Waals surface area (Å²) in [4.78, 5) is 0. The number of rotatable bonds is 8. The summed E-state index contributed by atoms with van der Waals surface area (Å²) in [6.45, 7) is 13.0. The van der Waals surface area contributed by atoms with Crippen LogP contribution in [0.3, 0.4) is 0 Å². The van der Waals surface area contributed by atoms with Crippen LogP contribution in [-0.4, -0.2) is 6.04 Å². The fourth-order valence-corrected chi connectivity index (χ4v) is 1.80. The highest BCUT2D eigenvalue weighted by Gasteiger charge is 2.21. The van der Waals surface area contributed by atoms with Gasteiger partial charge in [0.05, 0.1) is 0 Å². The van der Waals surface area contributed by atoms with Gasteiger partial charge in [-0.05, 0) is 37.0 Å². The number of hydrogen-bond acceptors (Lipinski definition) is 1. The molecule has 0 aromatic rings. The minimum Gasteiger partial charge on any atom is -0.328 e. The molecular weight excluding hydrogens is 194 g/mol. The monoisotopic (exact) mass is 225 g/mol. The number of hydrogen-bond donors (Lipinski definition) is 1. The smallest absolute Gasteiger partial charge is 0.00415 e. The van der Waals surface area contributed by atoms with Gasteiger partial charge in [-0.3, -0.25) is 0 Å². The van der Waals surface area contributed by atoms with E-state index in [-0.39, 0.29) is 0 Å². The average molecular weight is 225 g/mol. The molecule has 2 atom stereocenters. The molecule has 0 bridgehead atoms. The highest BCUT2D eigenvalue weighted by Crippen LogP contribution is 2.29. The zero-order chi connectivity index (χ0) is 12.6. The zero-order valence-corrected chi connectivity index (χ0v) is 11.8. The van der Waals surface area contributed by atoms with Crippen LogP contribution < -0.4 is 5.73 Å². The summed E-state index contributed by atoms with van der Waals surface area (Å²) < 4.78 is 0. The van der Waals surface area contributed by atoms with Gasteiger partial charge in [-0.15, -0.1) is 6.58 Å². The Morgan fingerprint density at radius 2 is 1.81 bits per heavy atom. The first-order valence-electron chi connectivity index (χ1n) is 6.74. The molecular formula is C15H31N. The lowest BCUT2D eigenvalue weighted by atomic mass is 9.78. The topological polar surface area (TPSA) is 26.0 Å². The van der Waals surface area contributed by atoms with E-state index < -0.39 is 0 Å². The predicted molar refractivity (Wildman–Crippen MR) is 74.5 cm³/mol. The van der Waals surface area contributed by atoms with Crippen molar-refractivity contribution in [2.75, 3.05) is 0 Å². The molecule has 0 aliphatic carbocycles. The van der Waals surface area contributed by atoms with Crippen molar-refractivity contribution < 1.29 is 0 Å². The molecule has 0 aromatic carbocycles. The first-order chi connectivity index (χ1) is 7.38. The third-order valence-corrected chi connectivity index (χ3v) is 3.62. The summed E-state index contributed by atoms with van der Waals surface area (Å²) in [5.74, 6) is 0.704. The maximum Gasteiger partial charge on any atom is 0.00415 e. The molecule has 0 aliphatic heterocycles. The summed E-state index contributed by atoms with van der Waals surface area (Å²) >= 11 is 0. The quantitative estimate of drug-likeness (QED) is 0.477. The number of allylic oxidation sites excluding steroid dienone is 1. The average Bonchev–Trinajstić information content (AvgIpc) is 2.16. The van der Waals surface area contributed by atoms with E-state index in [1.54, 1.807) is 0 Å². The summed E-state index contributed by atoms with van der Waals surface area (Å²) in [5.41, 5.74) is 6.56. The van der Waals surface area contributed by atoms with E-state index in [9.17, 15) is 0 Å². The van der Waals surface area contributed by atoms with E-state index in [1.807, 2.05) is 6.08 Å². The van der Waals surface area contributed by atoms with E-state index in [0.29, 0.717) is 17.4 Å². The highest BCUT2D eigenvalue weighted by molar-refractivity contribution is 4.75. The maximum atomic E-state index is 6.17. The first-order valence-corrected chi connectivity index (χ1v) is 6.74. The fourth-order valence-electron chi connectivity index (χ4n) is 1.80. The van der Waals surface area contributed by atoms with Crippen molar-refractivity contribution in [2.24, 2.45) is 17.1 Å². The van der Waals surface area contributed by atoms with E-state index in [4.69, 9.17) is 5.73 Å². The summed E-state index contributed by atoms with van der Waals surface area (Å²) in [7, 11) is 0. The zero-order valence-electron chi connectivity index (χ0n) is 11.8. The molecule has 0 spiro atoms. The van der Waals surface area contributed by atoms with E-state index >= 15 is 0 Å². The largest absolute Gasteiger partial charge is 0.328 e. The van der Waals surface area contributed by atoms with Crippen LogP contribution in [-0.2, 0) is 0 Å². The molecule has 0 aliphatic rings. The Hall–Kier alpha value is -0.300. The van der Waals surface area contributed by atoms with Gasteiger partial charge < -0.3 is 5.73 Å². The molecule has 0 radical (unpaired) electrons. The Morgan fingerprint density at radius 3 is 2.31 bits per heavy atom. The summed E-state index contributed by atoms with van der Waals surface area (Å²) in [6, 6.07) is 0.387. The first kappa shape index (κ1) is 15.7. The second kappa shape index (κ2) is 7.89. The predicted octanol–water partition coefficient (Wildman–Crippen LogP) is 4.52. The Labute approximate surface area is 102 Å². The van der Waals surface area contributed by atoms with Crippen molar-refractivity contribution >= 4 is 0 Å². The molecule has 1 nitrogen and oxygen atoms in total. The third kappa shape index (κ3) is 7.92. The van der Waals surface area contributed by atoms with Gasteiger partial charge in [0.25, 0.3) is 0 Å². The van der Waals surface area contributed by atoms with Crippen LogP contribution in [0.2, 0.25) is 0 Å². The third-order valence-electron chi connectivity index (χ3n) is 3.62. The van der Waals surface area contributed by atoms with Crippen LogP contribution in [0.4, 0.5) is 0 Å². The molecule has 2 N–H and O–H groups in total. The van der Waals surface area contributed by atoms with Crippen molar-refractivity contribution in [1.82, 2.24) is 0 Å². The Bertz CT molecular complexity index is 178. The molecule has 0 heterocycles. The molecule has 0 saturated carbocycles. The van der Waals surface area contributed by atoms with Gasteiger partial charge in [-0.2, -0.15) is 0 Å². The normalized spacial score (nSPS) is 15.8. The molecule has 2 unspecified atom stereocenters. The van der Waals surface area contributed by atoms with Crippen LogP contribution >= 0.6 is 0 Å². The molecule has 0 saturated heterocycles. The van der Waals surface area contributed by atoms with Gasteiger partial charge >= 0.3 is 0 Å². The lowest BCUT2D eigenvalue weighted by Crippen LogP contribution is -2.28. The number of unbranched alkanes of at least 4 members (excludes halogenated alkanes) is 3. The summed E-state index contributed by atoms with van der Waals surface area (Å²) in [5, 5.41) is 0. The second-order valence-corrected chi connectivity index (χ2v) is 6.19. The minimum atomic E-state index is 0.387. The highest BCUT2D eigenvalue weighted by atomic mass is 14.6. The van der Waals surface area contributed by atoms with Gasteiger partial charge in [0, 0.05) is 6.04 Å². The molecule has 16 heavy (non-hydrogen) atoms. The van der Waals surface area contributed by atoms with Crippen molar-refractivity contribution in [1.29, 1.82) is 0 Å². The van der Waals surface area contributed by atoms with Crippen LogP contribution in [0, 0.1) is 11.3 Å². The van der Waals surface area contributed by atoms with Crippen LogP contribution in [0.15, 0.2) is 12.7 Å². The fraction of sp³-hybridized carbons (Fsp3) is 0.867. The van der Waals surface area contributed by atoms with Gasteiger partial charge in [0.2, 0.25) is 0 Å². The van der Waals surface area contributed by atoms with Gasteiger partial charge in [-0.25, -0.2) is 0 Å². The van der Waals surface area contributed by atoms with E-state index in [2.05, 4.69) is 34.3 Å². The van der Waals surface area contributed by atoms with Gasteiger partial charge in [0.1, 0.15) is 0 Å². The van der Waals surface area contributed by atoms with Crippen molar-refractivity contribution in [3.63, 3.8) is 0 Å². The Balaban J connectivity index is 3.58. The van der Waals surface area contributed by atoms with Gasteiger partial charge in [0.15, 0.2) is 0 Å². The molecule has 0 amide bonds. The summed E-state index contributed by atoms with van der Waals surface area (Å²) in [6.07, 6.45) is 9.32. The second-order valence-electron chi connectivity index (χ2n) is 6.19. The van der Waals surface area contributed by atoms with E-state index in [0.717, 1.165) is 12.8 Å². The van der Waals surface area contributed by atoms with Crippen LogP contribution in [0.1, 0.15) is 66.2 Å². The Kier molecular flexibility index (Phi) is 7.74. The molecule has 0 rings (SSSR count). The standard InChI is InChI=1S/C15H31N/c1-6-7-8-9-10-11-14(16)12-13(2)15(3,4)5/h6,13-14H,1,7-12,16H2,2-5H3. The molecule has 96 valence electrons. The molecule has 1 heteroatoms. The maximum absolute atomic E-state index is 6.17. The Morgan fingerprint density at radius 1 is 1.19 bits per heavy atom. The SMILES string of the molecule is C=CCCCCCC(N)CC(C)C(C)(C)C. The van der Waals surface area contributed by atoms with E-state index in [1.165, 1.54) is 25.7 Å². The lowest BCUT2D eigenvalue weighted by Gasteiger charge is -2.29. The van der Waals surface area contributed by atoms with Crippen LogP contribution in [0.25, 0.3) is 0 Å². The molecule has 0 aromatic heterocycles. The van der Waals surface area contributed by atoms with Crippen molar-refractivity contribution in [3.05, 3.63) is 12.7 Å². The van der Waals surface area contributed by atoms with Crippen molar-refractivity contribution in [2.45, 2.75) is 72.3 Å². The van der Waals surface area contributed by atoms with Crippen molar-refractivity contribution in [3.8, 4) is 0 Å². The minimum absolute atomic E-state index is 0.387. The van der Waals surface area contributed by atoms with Gasteiger partial charge in [-0.1, -0.05) is 46.6 Å². The lowest BCUT2D eigenvalue weighted by molar-refractivity contribution is 0.229. The number of nitrogens with two attached hydrogens (primary N) is 1. The molecule has 0 fully saturated rings.